The number of hydrogen-bond acceptors (Lipinski definition) is 7. The summed E-state index contributed by atoms with van der Waals surface area (Å²) in [7, 11) is 0. The van der Waals surface area contributed by atoms with E-state index in [-0.39, 0.29) is 11.3 Å². The molecule has 4 fully saturated rings. The molecule has 3 aromatic heterocycles. The number of H-pyrrole nitrogens is 1. The van der Waals surface area contributed by atoms with Crippen molar-refractivity contribution in [3.8, 4) is 0 Å². The van der Waals surface area contributed by atoms with E-state index in [1.54, 1.807) is 0 Å². The molecule has 0 radical (unpaired) electrons. The third-order valence-electron chi connectivity index (χ3n) is 8.72. The minimum Gasteiger partial charge on any atom is -0.369 e. The van der Waals surface area contributed by atoms with Crippen molar-refractivity contribution in [1.29, 1.82) is 0 Å². The van der Waals surface area contributed by atoms with Gasteiger partial charge in [0.05, 0.1) is 30.5 Å². The number of amides is 1. The van der Waals surface area contributed by atoms with Crippen molar-refractivity contribution < 1.29 is 9.53 Å². The number of pyridine rings is 1. The largest absolute Gasteiger partial charge is 0.369 e. The number of carbonyl (C=O) groups is 1. The van der Waals surface area contributed by atoms with Crippen molar-refractivity contribution in [3.05, 3.63) is 71.2 Å². The summed E-state index contributed by atoms with van der Waals surface area (Å²) < 4.78 is 8.10. The summed E-state index contributed by atoms with van der Waals surface area (Å²) in [6, 6.07) is 13.0. The Bertz CT molecular complexity index is 1540. The molecule has 3 aliphatic heterocycles. The maximum Gasteiger partial charge on any atom is 0.229 e. The number of benzene rings is 1. The molecule has 1 atom stereocenters. The number of aromatic nitrogens is 6. The van der Waals surface area contributed by atoms with Gasteiger partial charge >= 0.3 is 0 Å². The van der Waals surface area contributed by atoms with Gasteiger partial charge in [0.2, 0.25) is 5.91 Å². The third kappa shape index (κ3) is 3.53. The van der Waals surface area contributed by atoms with E-state index >= 15 is 0 Å². The predicted octanol–water partition coefficient (Wildman–Crippen LogP) is 2.95. The Labute approximate surface area is 220 Å². The number of ether oxygens (including phenoxy) is 1. The number of nitrogens with one attached hydrogen (secondary N) is 2. The Morgan fingerprint density at radius 2 is 2.00 bits per heavy atom. The first-order valence-corrected chi connectivity index (χ1v) is 13.3. The van der Waals surface area contributed by atoms with Gasteiger partial charge in [0.25, 0.3) is 0 Å². The molecule has 1 amide bonds. The number of aryl methyl sites for hydroxylation is 2. The molecule has 2 N–H and O–H groups in total. The molecule has 1 saturated carbocycles. The Morgan fingerprint density at radius 1 is 1.18 bits per heavy atom. The van der Waals surface area contributed by atoms with Crippen LogP contribution < -0.4 is 10.2 Å². The van der Waals surface area contributed by atoms with Gasteiger partial charge < -0.3 is 15.0 Å². The van der Waals surface area contributed by atoms with Gasteiger partial charge in [0, 0.05) is 31.3 Å². The van der Waals surface area contributed by atoms with Crippen LogP contribution in [0.1, 0.15) is 54.8 Å². The van der Waals surface area contributed by atoms with E-state index < -0.39 is 11.0 Å². The molecule has 2 bridgehead atoms. The first-order valence-electron chi connectivity index (χ1n) is 13.3. The van der Waals surface area contributed by atoms with E-state index in [0.29, 0.717) is 37.6 Å². The molecule has 196 valence electrons. The molecule has 4 aromatic rings. The molecule has 4 aliphatic rings. The van der Waals surface area contributed by atoms with Crippen LogP contribution in [0.25, 0.3) is 5.65 Å². The Hall–Kier alpha value is -3.79. The summed E-state index contributed by atoms with van der Waals surface area (Å²) in [4.78, 5) is 24.6. The predicted molar refractivity (Wildman–Crippen MR) is 141 cm³/mol. The number of carbonyl (C=O) groups excluding carboxylic acids is 1. The fraction of sp³-hybridized carbons (Fsp3) is 0.464. The molecule has 3 saturated heterocycles. The highest BCUT2D eigenvalue weighted by molar-refractivity contribution is 5.85. The minimum absolute atomic E-state index is 0.0224. The van der Waals surface area contributed by atoms with Crippen molar-refractivity contribution in [2.45, 2.75) is 57.6 Å². The zero-order valence-electron chi connectivity index (χ0n) is 22.0. The second-order valence-electron chi connectivity index (χ2n) is 11.6. The van der Waals surface area contributed by atoms with Gasteiger partial charge in [-0.1, -0.05) is 37.3 Å². The van der Waals surface area contributed by atoms with Crippen LogP contribution in [0.3, 0.4) is 0 Å². The lowest BCUT2D eigenvalue weighted by Crippen LogP contribution is -2.51. The van der Waals surface area contributed by atoms with Crippen molar-refractivity contribution in [1.82, 2.24) is 35.1 Å². The van der Waals surface area contributed by atoms with Gasteiger partial charge in [-0.05, 0) is 37.5 Å². The fourth-order valence-corrected chi connectivity index (χ4v) is 6.54. The lowest BCUT2D eigenvalue weighted by atomic mass is 9.61. The monoisotopic (exact) mass is 512 g/mol. The number of nitrogens with zero attached hydrogens (tertiary/aromatic N) is 6. The van der Waals surface area contributed by atoms with Crippen LogP contribution in [0, 0.1) is 19.3 Å². The highest BCUT2D eigenvalue weighted by Gasteiger charge is 2.68. The molecular formula is C28H32N8O2. The molecule has 8 rings (SSSR count). The van der Waals surface area contributed by atoms with Crippen LogP contribution in [0.4, 0.5) is 5.69 Å². The smallest absolute Gasteiger partial charge is 0.229 e. The maximum atomic E-state index is 13.0. The number of anilines is 1. The normalized spacial score (nSPS) is 28.1. The van der Waals surface area contributed by atoms with Crippen molar-refractivity contribution in [3.63, 3.8) is 0 Å². The van der Waals surface area contributed by atoms with E-state index in [0.717, 1.165) is 42.2 Å². The summed E-state index contributed by atoms with van der Waals surface area (Å²) in [5.41, 5.74) is 3.43. The van der Waals surface area contributed by atoms with Crippen LogP contribution in [-0.4, -0.2) is 55.4 Å². The fourth-order valence-electron chi connectivity index (χ4n) is 6.54. The van der Waals surface area contributed by atoms with E-state index in [9.17, 15) is 4.79 Å². The van der Waals surface area contributed by atoms with Gasteiger partial charge in [-0.3, -0.25) is 9.89 Å². The maximum absolute atomic E-state index is 13.0. The standard InChI is InChI=1S/C28H32N8O2/c1-18-11-21(35-10-9-26(3,16-35)20-7-5-4-6-8-20)13-36-23(18)31-24(34-36)28-14-27(15-28,17-38-28)25(37)29-12-22-30-19(2)32-33-22/h4-8,11,13H,9-10,12,14-17H2,1-3H3,(H,29,37)(H,30,32,33)/t26-,27?,28?/m0/s1. The van der Waals surface area contributed by atoms with Gasteiger partial charge in [-0.2, -0.15) is 5.10 Å². The molecule has 10 heteroatoms. The minimum atomic E-state index is -0.601. The molecule has 6 heterocycles. The number of aromatic amines is 1. The van der Waals surface area contributed by atoms with Crippen LogP contribution in [-0.2, 0) is 27.1 Å². The first kappa shape index (κ1) is 23.3. The molecule has 38 heavy (non-hydrogen) atoms. The topological polar surface area (TPSA) is 113 Å². The second-order valence-corrected chi connectivity index (χ2v) is 11.6. The molecule has 1 aromatic carbocycles. The summed E-state index contributed by atoms with van der Waals surface area (Å²) in [6.45, 7) is 8.90. The summed E-state index contributed by atoms with van der Waals surface area (Å²) in [5.74, 6) is 1.95. The van der Waals surface area contributed by atoms with Crippen molar-refractivity contribution in [2.75, 3.05) is 24.6 Å². The first-order chi connectivity index (χ1) is 18.3. The summed E-state index contributed by atoms with van der Waals surface area (Å²) in [5, 5.41) is 14.7. The van der Waals surface area contributed by atoms with Crippen molar-refractivity contribution >= 4 is 17.2 Å². The average molecular weight is 513 g/mol. The van der Waals surface area contributed by atoms with E-state index in [1.807, 2.05) is 11.4 Å². The number of rotatable bonds is 6. The van der Waals surface area contributed by atoms with E-state index in [2.05, 4.69) is 81.8 Å². The second kappa shape index (κ2) is 8.10. The van der Waals surface area contributed by atoms with Gasteiger partial charge in [-0.25, -0.2) is 14.5 Å². The summed E-state index contributed by atoms with van der Waals surface area (Å²) in [6.07, 6.45) is 4.36. The molecule has 1 aliphatic carbocycles. The Morgan fingerprint density at radius 3 is 2.76 bits per heavy atom. The number of hydrogen-bond donors (Lipinski definition) is 2. The number of fused-ring (bicyclic) bond motifs is 2. The molecule has 10 nitrogen and oxygen atoms in total. The molecule has 0 unspecified atom stereocenters. The summed E-state index contributed by atoms with van der Waals surface area (Å²) >= 11 is 0. The van der Waals surface area contributed by atoms with Gasteiger partial charge in [0.15, 0.2) is 17.3 Å². The van der Waals surface area contributed by atoms with E-state index in [4.69, 9.17) is 14.8 Å². The zero-order valence-corrected chi connectivity index (χ0v) is 22.0. The highest BCUT2D eigenvalue weighted by atomic mass is 16.5. The van der Waals surface area contributed by atoms with Gasteiger partial charge in [-0.15, -0.1) is 5.10 Å². The quantitative estimate of drug-likeness (QED) is 0.408. The van der Waals surface area contributed by atoms with Gasteiger partial charge in [0.1, 0.15) is 11.4 Å². The van der Waals surface area contributed by atoms with Crippen LogP contribution >= 0.6 is 0 Å². The highest BCUT2D eigenvalue weighted by Crippen LogP contribution is 2.62. The lowest BCUT2D eigenvalue weighted by molar-refractivity contribution is -0.136. The molecule has 0 spiro atoms. The Balaban J connectivity index is 1.08. The molecular weight excluding hydrogens is 480 g/mol. The SMILES string of the molecule is Cc1nc(CNC(=O)C23COC(c4nc5c(C)cc(N6CC[C@](C)(c7ccccc7)C6)cn5n4)(C2)C3)n[nH]1. The van der Waals surface area contributed by atoms with E-state index in [1.165, 1.54) is 5.56 Å². The lowest BCUT2D eigenvalue weighted by Gasteiger charge is -2.41. The average Bonchev–Trinajstić information content (AvgIpc) is 3.70. The van der Waals surface area contributed by atoms with Crippen molar-refractivity contribution in [2.24, 2.45) is 5.41 Å². The Kier molecular flexibility index (Phi) is 4.98. The third-order valence-corrected chi connectivity index (χ3v) is 8.72. The van der Waals surface area contributed by atoms with Crippen LogP contribution in [0.15, 0.2) is 42.6 Å². The zero-order chi connectivity index (χ0) is 26.1. The van der Waals surface area contributed by atoms with Crippen LogP contribution in [0.5, 0.6) is 0 Å². The van der Waals surface area contributed by atoms with Crippen LogP contribution in [0.2, 0.25) is 0 Å².